The van der Waals surface area contributed by atoms with E-state index in [1.165, 1.54) is 18.2 Å². The first-order valence-electron chi connectivity index (χ1n) is 8.27. The van der Waals surface area contributed by atoms with Crippen LogP contribution in [0.3, 0.4) is 0 Å². The van der Waals surface area contributed by atoms with Crippen molar-refractivity contribution in [2.75, 3.05) is 11.9 Å². The molecule has 28 heavy (non-hydrogen) atoms. The Bertz CT molecular complexity index is 874. The Hall–Kier alpha value is -3.13. The number of aryl methyl sites for hydroxylation is 1. The van der Waals surface area contributed by atoms with Crippen LogP contribution in [-0.4, -0.2) is 24.5 Å². The molecule has 148 valence electrons. The average molecular weight is 408 g/mol. The summed E-state index contributed by atoms with van der Waals surface area (Å²) in [7, 11) is 0. The highest BCUT2D eigenvalue weighted by molar-refractivity contribution is 6.30. The average Bonchev–Trinajstić information content (AvgIpc) is 2.63. The van der Waals surface area contributed by atoms with E-state index in [4.69, 9.17) is 22.1 Å². The lowest BCUT2D eigenvalue weighted by Crippen LogP contribution is -2.35. The fourth-order valence-electron chi connectivity index (χ4n) is 2.36. The maximum Gasteiger partial charge on any atom is 0.312 e. The van der Waals surface area contributed by atoms with Crippen molar-refractivity contribution in [1.29, 1.82) is 0 Å². The van der Waals surface area contributed by atoms with Gasteiger partial charge in [0, 0.05) is 10.7 Å². The van der Waals surface area contributed by atoms with Gasteiger partial charge in [0.2, 0.25) is 0 Å². The number of nitrogens with one attached hydrogen (secondary N) is 2. The summed E-state index contributed by atoms with van der Waals surface area (Å²) in [6, 6.07) is 9.14. The van der Waals surface area contributed by atoms with E-state index in [0.29, 0.717) is 16.1 Å². The van der Waals surface area contributed by atoms with Gasteiger partial charge in [-0.3, -0.25) is 9.59 Å². The Balaban J connectivity index is 1.90. The van der Waals surface area contributed by atoms with Crippen LogP contribution in [0.25, 0.3) is 0 Å². The highest BCUT2D eigenvalue weighted by Crippen LogP contribution is 2.20. The number of nitrogens with two attached hydrogens (primary N) is 1. The maximum atomic E-state index is 13.5. The molecular weight excluding hydrogens is 389 g/mol. The third-order valence-electron chi connectivity index (χ3n) is 3.78. The number of anilines is 1. The lowest BCUT2D eigenvalue weighted by atomic mass is 10.0. The first-order chi connectivity index (χ1) is 13.2. The number of hydrogen-bond acceptors (Lipinski definition) is 4. The van der Waals surface area contributed by atoms with Gasteiger partial charge in [-0.25, -0.2) is 9.18 Å². The van der Waals surface area contributed by atoms with Gasteiger partial charge in [-0.05, 0) is 42.3 Å². The first kappa shape index (κ1) is 21.2. The van der Waals surface area contributed by atoms with Crippen LogP contribution in [0.15, 0.2) is 42.5 Å². The maximum absolute atomic E-state index is 13.5. The van der Waals surface area contributed by atoms with Crippen LogP contribution in [-0.2, 0) is 14.3 Å². The Morgan fingerprint density at radius 1 is 1.18 bits per heavy atom. The minimum absolute atomic E-state index is 0.239. The second-order valence-corrected chi connectivity index (χ2v) is 6.43. The third kappa shape index (κ3) is 6.55. The van der Waals surface area contributed by atoms with E-state index in [2.05, 4.69) is 10.6 Å². The number of amides is 3. The van der Waals surface area contributed by atoms with E-state index < -0.39 is 36.4 Å². The van der Waals surface area contributed by atoms with Gasteiger partial charge in [-0.1, -0.05) is 29.8 Å². The van der Waals surface area contributed by atoms with Gasteiger partial charge in [-0.15, -0.1) is 0 Å². The van der Waals surface area contributed by atoms with E-state index in [1.54, 1.807) is 31.2 Å². The van der Waals surface area contributed by atoms with Gasteiger partial charge < -0.3 is 21.1 Å². The molecule has 0 saturated carbocycles. The molecule has 2 rings (SSSR count). The molecule has 0 fully saturated rings. The lowest BCUT2D eigenvalue weighted by molar-refractivity contribution is -0.147. The van der Waals surface area contributed by atoms with Gasteiger partial charge in [0.25, 0.3) is 5.91 Å². The lowest BCUT2D eigenvalue weighted by Gasteiger charge is -2.17. The minimum atomic E-state index is -0.813. The molecule has 9 heteroatoms. The van der Waals surface area contributed by atoms with Crippen LogP contribution in [0.4, 0.5) is 14.9 Å². The molecular formula is C19H19ClFN3O4. The van der Waals surface area contributed by atoms with Crippen molar-refractivity contribution in [2.45, 2.75) is 19.4 Å². The smallest absolute Gasteiger partial charge is 0.312 e. The van der Waals surface area contributed by atoms with Crippen LogP contribution < -0.4 is 16.4 Å². The Labute approximate surface area is 166 Å². The molecule has 2 aromatic rings. The summed E-state index contributed by atoms with van der Waals surface area (Å²) in [5.74, 6) is -1.81. The Morgan fingerprint density at radius 2 is 1.86 bits per heavy atom. The van der Waals surface area contributed by atoms with Crippen LogP contribution in [0, 0.1) is 12.7 Å². The fourth-order valence-corrected chi connectivity index (χ4v) is 2.48. The first-order valence-corrected chi connectivity index (χ1v) is 8.65. The van der Waals surface area contributed by atoms with Gasteiger partial charge in [0.1, 0.15) is 5.82 Å². The van der Waals surface area contributed by atoms with Crippen LogP contribution in [0.2, 0.25) is 5.02 Å². The SMILES string of the molecule is Cc1ccc(NC(=O)COC(=O)C[C@@H](NC(N)=O)c2ccc(Cl)cc2)cc1F. The molecule has 0 aliphatic rings. The van der Waals surface area contributed by atoms with Crippen molar-refractivity contribution in [3.8, 4) is 0 Å². The van der Waals surface area contributed by atoms with E-state index in [9.17, 15) is 18.8 Å². The van der Waals surface area contributed by atoms with Gasteiger partial charge in [0.15, 0.2) is 6.61 Å². The normalized spacial score (nSPS) is 11.4. The Kier molecular flexibility index (Phi) is 7.34. The number of ether oxygens (including phenoxy) is 1. The standard InChI is InChI=1S/C19H19ClFN3O4/c1-11-2-7-14(8-15(11)21)23-17(25)10-28-18(26)9-16(24-19(22)27)12-3-5-13(20)6-4-12/h2-8,16H,9-10H2,1H3,(H,23,25)(H3,22,24,27)/t16-/m1/s1. The van der Waals surface area contributed by atoms with Crippen molar-refractivity contribution in [1.82, 2.24) is 5.32 Å². The molecule has 0 aliphatic carbocycles. The number of carbonyl (C=O) groups is 3. The summed E-state index contributed by atoms with van der Waals surface area (Å²) in [5.41, 5.74) is 6.43. The van der Waals surface area contributed by atoms with E-state index in [1.807, 2.05) is 0 Å². The molecule has 4 N–H and O–H groups in total. The van der Waals surface area contributed by atoms with Crippen LogP contribution >= 0.6 is 11.6 Å². The molecule has 0 saturated heterocycles. The zero-order chi connectivity index (χ0) is 20.7. The summed E-state index contributed by atoms with van der Waals surface area (Å²) in [5, 5.41) is 5.36. The summed E-state index contributed by atoms with van der Waals surface area (Å²) >= 11 is 5.83. The highest BCUT2D eigenvalue weighted by Gasteiger charge is 2.19. The van der Waals surface area contributed by atoms with E-state index in [-0.39, 0.29) is 12.1 Å². The molecule has 0 aliphatic heterocycles. The molecule has 0 aromatic heterocycles. The summed E-state index contributed by atoms with van der Waals surface area (Å²) in [6.45, 7) is 1.04. The molecule has 3 amide bonds. The summed E-state index contributed by atoms with van der Waals surface area (Å²) < 4.78 is 18.4. The highest BCUT2D eigenvalue weighted by atomic mass is 35.5. The number of rotatable bonds is 7. The number of urea groups is 1. The number of carbonyl (C=O) groups excluding carboxylic acids is 3. The molecule has 0 unspecified atom stereocenters. The predicted octanol–water partition coefficient (Wildman–Crippen LogP) is 3.07. The van der Waals surface area contributed by atoms with Crippen molar-refractivity contribution in [2.24, 2.45) is 5.73 Å². The summed E-state index contributed by atoms with van der Waals surface area (Å²) in [6.07, 6.45) is -0.239. The predicted molar refractivity (Wildman–Crippen MR) is 102 cm³/mol. The molecule has 2 aromatic carbocycles. The minimum Gasteiger partial charge on any atom is -0.455 e. The van der Waals surface area contributed by atoms with Crippen LogP contribution in [0.5, 0.6) is 0 Å². The van der Waals surface area contributed by atoms with E-state index in [0.717, 1.165) is 0 Å². The molecule has 0 heterocycles. The molecule has 0 radical (unpaired) electrons. The van der Waals surface area contributed by atoms with Crippen molar-refractivity contribution in [3.63, 3.8) is 0 Å². The second kappa shape index (κ2) is 9.70. The zero-order valence-corrected chi connectivity index (χ0v) is 15.8. The Morgan fingerprint density at radius 3 is 2.46 bits per heavy atom. The second-order valence-electron chi connectivity index (χ2n) is 5.99. The van der Waals surface area contributed by atoms with Crippen molar-refractivity contribution in [3.05, 3.63) is 64.4 Å². The van der Waals surface area contributed by atoms with Gasteiger partial charge >= 0.3 is 12.0 Å². The van der Waals surface area contributed by atoms with Crippen LogP contribution in [0.1, 0.15) is 23.6 Å². The number of primary amides is 1. The topological polar surface area (TPSA) is 111 Å². The number of benzene rings is 2. The fraction of sp³-hybridized carbons (Fsp3) is 0.211. The molecule has 0 spiro atoms. The monoisotopic (exact) mass is 407 g/mol. The molecule has 1 atom stereocenters. The number of halogens is 2. The molecule has 7 nitrogen and oxygen atoms in total. The number of hydrogen-bond donors (Lipinski definition) is 3. The van der Waals surface area contributed by atoms with E-state index >= 15 is 0 Å². The van der Waals surface area contributed by atoms with Gasteiger partial charge in [0.05, 0.1) is 12.5 Å². The largest absolute Gasteiger partial charge is 0.455 e. The third-order valence-corrected chi connectivity index (χ3v) is 4.03. The molecule has 0 bridgehead atoms. The van der Waals surface area contributed by atoms with Crippen molar-refractivity contribution < 1.29 is 23.5 Å². The summed E-state index contributed by atoms with van der Waals surface area (Å²) in [4.78, 5) is 35.1. The van der Waals surface area contributed by atoms with Gasteiger partial charge in [-0.2, -0.15) is 0 Å². The number of esters is 1. The zero-order valence-electron chi connectivity index (χ0n) is 15.0. The quantitative estimate of drug-likeness (QED) is 0.612. The van der Waals surface area contributed by atoms with Crippen molar-refractivity contribution >= 4 is 35.2 Å².